The largest absolute Gasteiger partial charge is 0.480 e. The summed E-state index contributed by atoms with van der Waals surface area (Å²) in [7, 11) is 0. The summed E-state index contributed by atoms with van der Waals surface area (Å²) in [6.45, 7) is 3.45. The van der Waals surface area contributed by atoms with Gasteiger partial charge in [0.05, 0.1) is 5.39 Å². The van der Waals surface area contributed by atoms with Crippen LogP contribution in [0.25, 0.3) is 10.9 Å². The number of rotatable bonds is 3. The van der Waals surface area contributed by atoms with Crippen LogP contribution in [0, 0.1) is 5.92 Å². The molecule has 1 unspecified atom stereocenters. The van der Waals surface area contributed by atoms with Gasteiger partial charge in [-0.2, -0.15) is 4.68 Å². The number of hydrogen-bond donors (Lipinski definition) is 1. The number of fused-ring (bicyclic) bond motifs is 1. The van der Waals surface area contributed by atoms with Crippen molar-refractivity contribution in [2.75, 3.05) is 0 Å². The average molecular weight is 247 g/mol. The highest BCUT2D eigenvalue weighted by atomic mass is 16.4. The third kappa shape index (κ3) is 1.97. The Labute approximate surface area is 103 Å². The van der Waals surface area contributed by atoms with Crippen LogP contribution in [-0.4, -0.2) is 26.1 Å². The maximum atomic E-state index is 12.2. The standard InChI is InChI=1S/C12H13N3O3/c1-7(2)10(12(17)18)15-11(16)8-5-3-4-6-9(8)13-14-15/h3-7,10H,1-2H3,(H,17,18). The first-order valence-corrected chi connectivity index (χ1v) is 5.59. The fourth-order valence-corrected chi connectivity index (χ4v) is 1.86. The number of carboxylic acids is 1. The molecule has 0 amide bonds. The molecule has 1 atom stereocenters. The topological polar surface area (TPSA) is 85.1 Å². The van der Waals surface area contributed by atoms with Crippen molar-refractivity contribution in [3.8, 4) is 0 Å². The van der Waals surface area contributed by atoms with Crippen molar-refractivity contribution in [1.82, 2.24) is 15.0 Å². The second-order valence-corrected chi connectivity index (χ2v) is 4.38. The lowest BCUT2D eigenvalue weighted by Crippen LogP contribution is -2.35. The molecule has 1 aromatic heterocycles. The summed E-state index contributed by atoms with van der Waals surface area (Å²) in [4.78, 5) is 23.4. The van der Waals surface area contributed by atoms with Crippen LogP contribution in [0.15, 0.2) is 29.1 Å². The zero-order chi connectivity index (χ0) is 13.3. The van der Waals surface area contributed by atoms with Gasteiger partial charge in [0, 0.05) is 0 Å². The van der Waals surface area contributed by atoms with E-state index in [0.29, 0.717) is 10.9 Å². The minimum atomic E-state index is -1.09. The van der Waals surface area contributed by atoms with Crippen LogP contribution in [0.4, 0.5) is 0 Å². The van der Waals surface area contributed by atoms with Crippen LogP contribution in [0.2, 0.25) is 0 Å². The molecule has 0 radical (unpaired) electrons. The number of aliphatic carboxylic acids is 1. The molecule has 0 aliphatic carbocycles. The number of benzene rings is 1. The molecular formula is C12H13N3O3. The summed E-state index contributed by atoms with van der Waals surface area (Å²) in [5.74, 6) is -1.34. The maximum Gasteiger partial charge on any atom is 0.328 e. The number of hydrogen-bond acceptors (Lipinski definition) is 4. The summed E-state index contributed by atoms with van der Waals surface area (Å²) in [6, 6.07) is 5.73. The number of carboxylic acid groups (broad SMARTS) is 1. The maximum absolute atomic E-state index is 12.2. The number of carbonyl (C=O) groups is 1. The first-order chi connectivity index (χ1) is 8.52. The predicted octanol–water partition coefficient (Wildman–Crippen LogP) is 1.07. The smallest absolute Gasteiger partial charge is 0.328 e. The van der Waals surface area contributed by atoms with E-state index in [9.17, 15) is 9.59 Å². The molecule has 0 fully saturated rings. The Morgan fingerprint density at radius 3 is 2.61 bits per heavy atom. The average Bonchev–Trinajstić information content (AvgIpc) is 2.32. The lowest BCUT2D eigenvalue weighted by Gasteiger charge is -2.17. The van der Waals surface area contributed by atoms with Gasteiger partial charge in [0.2, 0.25) is 0 Å². The van der Waals surface area contributed by atoms with Gasteiger partial charge >= 0.3 is 5.97 Å². The zero-order valence-electron chi connectivity index (χ0n) is 10.1. The van der Waals surface area contributed by atoms with E-state index in [0.717, 1.165) is 4.68 Å². The third-order valence-electron chi connectivity index (χ3n) is 2.74. The molecule has 1 aromatic carbocycles. The van der Waals surface area contributed by atoms with Gasteiger partial charge in [-0.3, -0.25) is 4.79 Å². The Balaban J connectivity index is 2.68. The molecule has 0 saturated carbocycles. The molecule has 94 valence electrons. The molecule has 1 heterocycles. The van der Waals surface area contributed by atoms with Gasteiger partial charge in [0.25, 0.3) is 5.56 Å². The van der Waals surface area contributed by atoms with Crippen LogP contribution in [-0.2, 0) is 4.79 Å². The molecule has 0 bridgehead atoms. The van der Waals surface area contributed by atoms with E-state index in [1.807, 2.05) is 0 Å². The predicted molar refractivity (Wildman–Crippen MR) is 65.3 cm³/mol. The van der Waals surface area contributed by atoms with Crippen molar-refractivity contribution in [1.29, 1.82) is 0 Å². The second-order valence-electron chi connectivity index (χ2n) is 4.38. The Hall–Kier alpha value is -2.24. The van der Waals surface area contributed by atoms with E-state index in [4.69, 9.17) is 5.11 Å². The van der Waals surface area contributed by atoms with Crippen molar-refractivity contribution in [3.05, 3.63) is 34.6 Å². The van der Waals surface area contributed by atoms with Crippen LogP contribution in [0.3, 0.4) is 0 Å². The molecular weight excluding hydrogens is 234 g/mol. The van der Waals surface area contributed by atoms with Crippen molar-refractivity contribution in [2.45, 2.75) is 19.9 Å². The molecule has 6 nitrogen and oxygen atoms in total. The number of aromatic nitrogens is 3. The van der Waals surface area contributed by atoms with E-state index in [-0.39, 0.29) is 5.92 Å². The van der Waals surface area contributed by atoms with Crippen LogP contribution in [0.1, 0.15) is 19.9 Å². The lowest BCUT2D eigenvalue weighted by atomic mass is 10.1. The number of nitrogens with zero attached hydrogens (tertiary/aromatic N) is 3. The zero-order valence-corrected chi connectivity index (χ0v) is 10.1. The summed E-state index contributed by atoms with van der Waals surface area (Å²) in [6.07, 6.45) is 0. The molecule has 0 spiro atoms. The molecule has 2 aromatic rings. The highest BCUT2D eigenvalue weighted by Crippen LogP contribution is 2.15. The minimum Gasteiger partial charge on any atom is -0.480 e. The van der Waals surface area contributed by atoms with Crippen LogP contribution >= 0.6 is 0 Å². The Morgan fingerprint density at radius 1 is 1.33 bits per heavy atom. The lowest BCUT2D eigenvalue weighted by molar-refractivity contribution is -0.142. The van der Waals surface area contributed by atoms with Gasteiger partial charge in [-0.1, -0.05) is 31.2 Å². The minimum absolute atomic E-state index is 0.254. The fraction of sp³-hybridized carbons (Fsp3) is 0.333. The highest BCUT2D eigenvalue weighted by molar-refractivity contribution is 5.77. The Bertz CT molecular complexity index is 648. The quantitative estimate of drug-likeness (QED) is 0.877. The normalized spacial score (nSPS) is 12.8. The first-order valence-electron chi connectivity index (χ1n) is 5.59. The molecule has 0 aliphatic rings. The van der Waals surface area contributed by atoms with E-state index in [2.05, 4.69) is 10.3 Å². The van der Waals surface area contributed by atoms with Gasteiger partial charge in [-0.05, 0) is 18.1 Å². The van der Waals surface area contributed by atoms with Gasteiger partial charge in [0.15, 0.2) is 6.04 Å². The Kier molecular flexibility index (Phi) is 3.10. The van der Waals surface area contributed by atoms with Crippen molar-refractivity contribution < 1.29 is 9.90 Å². The molecule has 1 N–H and O–H groups in total. The molecule has 18 heavy (non-hydrogen) atoms. The first kappa shape index (κ1) is 12.2. The summed E-state index contributed by atoms with van der Waals surface area (Å²) in [5, 5.41) is 17.1. The Morgan fingerprint density at radius 2 is 2.00 bits per heavy atom. The molecule has 0 aliphatic heterocycles. The van der Waals surface area contributed by atoms with Crippen LogP contribution in [0.5, 0.6) is 0 Å². The molecule has 2 rings (SSSR count). The monoisotopic (exact) mass is 247 g/mol. The summed E-state index contributed by atoms with van der Waals surface area (Å²) < 4.78 is 0.940. The SMILES string of the molecule is CC(C)C(C(=O)O)n1nnc2ccccc2c1=O. The fourth-order valence-electron chi connectivity index (χ4n) is 1.86. The van der Waals surface area contributed by atoms with E-state index in [1.165, 1.54) is 0 Å². The van der Waals surface area contributed by atoms with E-state index < -0.39 is 17.6 Å². The van der Waals surface area contributed by atoms with Gasteiger partial charge in [-0.25, -0.2) is 4.79 Å². The van der Waals surface area contributed by atoms with Gasteiger partial charge < -0.3 is 5.11 Å². The van der Waals surface area contributed by atoms with Gasteiger partial charge in [0.1, 0.15) is 5.52 Å². The summed E-state index contributed by atoms with van der Waals surface area (Å²) in [5.41, 5.74) is 0.0355. The molecule has 6 heteroatoms. The van der Waals surface area contributed by atoms with Gasteiger partial charge in [-0.15, -0.1) is 5.10 Å². The van der Waals surface area contributed by atoms with E-state index >= 15 is 0 Å². The van der Waals surface area contributed by atoms with Crippen molar-refractivity contribution in [2.24, 2.45) is 5.92 Å². The third-order valence-corrected chi connectivity index (χ3v) is 2.74. The second kappa shape index (κ2) is 4.56. The summed E-state index contributed by atoms with van der Waals surface area (Å²) >= 11 is 0. The van der Waals surface area contributed by atoms with Crippen molar-refractivity contribution in [3.63, 3.8) is 0 Å². The highest BCUT2D eigenvalue weighted by Gasteiger charge is 2.26. The van der Waals surface area contributed by atoms with Crippen molar-refractivity contribution >= 4 is 16.9 Å². The van der Waals surface area contributed by atoms with E-state index in [1.54, 1.807) is 38.1 Å². The van der Waals surface area contributed by atoms with Crippen LogP contribution < -0.4 is 5.56 Å². The molecule has 0 saturated heterocycles.